The molecule has 0 aliphatic rings. The number of nitrogens with two attached hydrogens (primary N) is 1. The standard InChI is InChI=1S/C9H21N3O4S2/c1-8(2)6-12(5-4-9(10)11)18(15,16)7-17(3,13)14/h8H,4-7H2,1-3H3,(H3,10,11). The number of sulfonamides is 1. The quantitative estimate of drug-likeness (QED) is 0.466. The molecule has 0 rings (SSSR count). The van der Waals surface area contributed by atoms with Crippen LogP contribution in [0.15, 0.2) is 0 Å². The molecular weight excluding hydrogens is 278 g/mol. The first kappa shape index (κ1) is 17.3. The maximum Gasteiger partial charge on any atom is 0.228 e. The first-order chi connectivity index (χ1) is 7.94. The summed E-state index contributed by atoms with van der Waals surface area (Å²) in [5.41, 5.74) is 5.19. The van der Waals surface area contributed by atoms with Gasteiger partial charge in [-0.15, -0.1) is 0 Å². The lowest BCUT2D eigenvalue weighted by Gasteiger charge is -2.23. The smallest absolute Gasteiger partial charge is 0.228 e. The number of hydrogen-bond acceptors (Lipinski definition) is 5. The number of amidine groups is 1. The molecule has 0 aromatic heterocycles. The Bertz CT molecular complexity index is 482. The number of nitrogens with zero attached hydrogens (tertiary/aromatic N) is 1. The predicted octanol–water partition coefficient (Wildman–Crippen LogP) is -0.398. The molecule has 0 aliphatic carbocycles. The van der Waals surface area contributed by atoms with E-state index in [1.807, 2.05) is 13.8 Å². The van der Waals surface area contributed by atoms with Crippen molar-refractivity contribution < 1.29 is 16.8 Å². The van der Waals surface area contributed by atoms with E-state index in [9.17, 15) is 16.8 Å². The van der Waals surface area contributed by atoms with Crippen molar-refractivity contribution in [3.05, 3.63) is 0 Å². The van der Waals surface area contributed by atoms with E-state index in [0.29, 0.717) is 0 Å². The summed E-state index contributed by atoms with van der Waals surface area (Å²) >= 11 is 0. The Labute approximate surface area is 109 Å². The van der Waals surface area contributed by atoms with Crippen molar-refractivity contribution in [1.82, 2.24) is 4.31 Å². The van der Waals surface area contributed by atoms with Gasteiger partial charge in [-0.1, -0.05) is 13.8 Å². The maximum absolute atomic E-state index is 11.9. The highest BCUT2D eigenvalue weighted by Gasteiger charge is 2.26. The highest BCUT2D eigenvalue weighted by atomic mass is 32.3. The zero-order valence-corrected chi connectivity index (χ0v) is 12.5. The zero-order valence-electron chi connectivity index (χ0n) is 10.9. The molecule has 0 heterocycles. The normalized spacial score (nSPS) is 13.2. The van der Waals surface area contributed by atoms with Crippen LogP contribution >= 0.6 is 0 Å². The molecular formula is C9H21N3O4S2. The van der Waals surface area contributed by atoms with Gasteiger partial charge in [-0.25, -0.2) is 21.1 Å². The molecule has 0 saturated heterocycles. The van der Waals surface area contributed by atoms with Gasteiger partial charge < -0.3 is 5.73 Å². The van der Waals surface area contributed by atoms with Crippen LogP contribution in [0.2, 0.25) is 0 Å². The molecule has 0 amide bonds. The third kappa shape index (κ3) is 7.62. The Balaban J connectivity index is 4.99. The molecule has 3 N–H and O–H groups in total. The predicted molar refractivity (Wildman–Crippen MR) is 71.6 cm³/mol. The van der Waals surface area contributed by atoms with Gasteiger partial charge in [-0.3, -0.25) is 5.41 Å². The molecule has 108 valence electrons. The molecule has 7 nitrogen and oxygen atoms in total. The van der Waals surface area contributed by atoms with Crippen LogP contribution in [0.5, 0.6) is 0 Å². The first-order valence-electron chi connectivity index (χ1n) is 5.42. The summed E-state index contributed by atoms with van der Waals surface area (Å²) in [4.78, 5) is 0. The summed E-state index contributed by atoms with van der Waals surface area (Å²) in [7, 11) is -7.49. The van der Waals surface area contributed by atoms with E-state index in [0.717, 1.165) is 10.6 Å². The van der Waals surface area contributed by atoms with Crippen molar-refractivity contribution in [1.29, 1.82) is 5.41 Å². The Morgan fingerprint density at radius 3 is 2.11 bits per heavy atom. The average molecular weight is 299 g/mol. The van der Waals surface area contributed by atoms with Gasteiger partial charge in [0.1, 0.15) is 0 Å². The second-order valence-corrected chi connectivity index (χ2v) is 9.16. The van der Waals surface area contributed by atoms with E-state index < -0.39 is 24.9 Å². The van der Waals surface area contributed by atoms with E-state index in [4.69, 9.17) is 11.1 Å². The van der Waals surface area contributed by atoms with Crippen LogP contribution in [-0.4, -0.2) is 51.4 Å². The first-order valence-corrected chi connectivity index (χ1v) is 9.09. The van der Waals surface area contributed by atoms with E-state index in [-0.39, 0.29) is 31.3 Å². The lowest BCUT2D eigenvalue weighted by molar-refractivity contribution is 0.376. The molecule has 0 spiro atoms. The molecule has 0 saturated carbocycles. The van der Waals surface area contributed by atoms with Gasteiger partial charge in [0.15, 0.2) is 14.9 Å². The number of nitrogens with one attached hydrogen (secondary N) is 1. The summed E-state index contributed by atoms with van der Waals surface area (Å²) in [6, 6.07) is 0. The fraction of sp³-hybridized carbons (Fsp3) is 0.889. The van der Waals surface area contributed by atoms with Crippen LogP contribution in [-0.2, 0) is 19.9 Å². The van der Waals surface area contributed by atoms with Crippen molar-refractivity contribution in [2.75, 3.05) is 24.4 Å². The average Bonchev–Trinajstić information content (AvgIpc) is 2.06. The van der Waals surface area contributed by atoms with E-state index in [1.165, 1.54) is 0 Å². The minimum absolute atomic E-state index is 0.0331. The van der Waals surface area contributed by atoms with Crippen LogP contribution in [0, 0.1) is 11.3 Å². The fourth-order valence-corrected chi connectivity index (χ4v) is 5.00. The molecule has 0 aromatic carbocycles. The van der Waals surface area contributed by atoms with Crippen molar-refractivity contribution >= 4 is 25.7 Å². The highest BCUT2D eigenvalue weighted by molar-refractivity contribution is 8.06. The molecule has 0 radical (unpaired) electrons. The Hall–Kier alpha value is -0.670. The summed E-state index contributed by atoms with van der Waals surface area (Å²) < 4.78 is 47.1. The summed E-state index contributed by atoms with van der Waals surface area (Å²) in [5.74, 6) is -0.0652. The van der Waals surface area contributed by atoms with Gasteiger partial charge in [-0.2, -0.15) is 0 Å². The minimum atomic E-state index is -3.88. The second kappa shape index (κ2) is 6.48. The second-order valence-electron chi connectivity index (χ2n) is 4.68. The van der Waals surface area contributed by atoms with Crippen LogP contribution in [0.4, 0.5) is 0 Å². The fourth-order valence-electron chi connectivity index (χ4n) is 1.34. The van der Waals surface area contributed by atoms with E-state index in [2.05, 4.69) is 0 Å². The third-order valence-corrected chi connectivity index (χ3v) is 5.98. The van der Waals surface area contributed by atoms with Gasteiger partial charge in [0.05, 0.1) is 5.84 Å². The summed E-state index contributed by atoms with van der Waals surface area (Å²) in [6.45, 7) is 3.91. The van der Waals surface area contributed by atoms with Gasteiger partial charge in [0.2, 0.25) is 10.0 Å². The summed E-state index contributed by atoms with van der Waals surface area (Å²) in [6.07, 6.45) is 0.971. The topological polar surface area (TPSA) is 121 Å². The number of hydrogen-bond donors (Lipinski definition) is 2. The van der Waals surface area contributed by atoms with Crippen LogP contribution < -0.4 is 5.73 Å². The molecule has 0 aromatic rings. The van der Waals surface area contributed by atoms with Gasteiger partial charge >= 0.3 is 0 Å². The van der Waals surface area contributed by atoms with Crippen molar-refractivity contribution in [3.8, 4) is 0 Å². The van der Waals surface area contributed by atoms with Crippen LogP contribution in [0.25, 0.3) is 0 Å². The largest absolute Gasteiger partial charge is 0.388 e. The monoisotopic (exact) mass is 299 g/mol. The SMILES string of the molecule is CC(C)CN(CCC(=N)N)S(=O)(=O)CS(C)(=O)=O. The van der Waals surface area contributed by atoms with Crippen molar-refractivity contribution in [3.63, 3.8) is 0 Å². The van der Waals surface area contributed by atoms with Crippen LogP contribution in [0.1, 0.15) is 20.3 Å². The number of rotatable bonds is 8. The Morgan fingerprint density at radius 1 is 1.28 bits per heavy atom. The molecule has 9 heteroatoms. The molecule has 0 atom stereocenters. The van der Waals surface area contributed by atoms with Crippen LogP contribution in [0.3, 0.4) is 0 Å². The molecule has 0 bridgehead atoms. The maximum atomic E-state index is 11.9. The van der Waals surface area contributed by atoms with Gasteiger partial charge in [0, 0.05) is 25.8 Å². The molecule has 0 unspecified atom stereocenters. The van der Waals surface area contributed by atoms with Crippen molar-refractivity contribution in [2.24, 2.45) is 11.7 Å². The van der Waals surface area contributed by atoms with Gasteiger partial charge in [-0.05, 0) is 5.92 Å². The van der Waals surface area contributed by atoms with Gasteiger partial charge in [0.25, 0.3) is 0 Å². The Morgan fingerprint density at radius 2 is 1.78 bits per heavy atom. The highest BCUT2D eigenvalue weighted by Crippen LogP contribution is 2.09. The van der Waals surface area contributed by atoms with Crippen molar-refractivity contribution in [2.45, 2.75) is 20.3 Å². The third-order valence-electron chi connectivity index (χ3n) is 1.96. The summed E-state index contributed by atoms with van der Waals surface area (Å²) in [5, 5.41) is 6.18. The molecule has 0 fully saturated rings. The molecule has 0 aliphatic heterocycles. The lowest BCUT2D eigenvalue weighted by atomic mass is 10.2. The van der Waals surface area contributed by atoms with E-state index in [1.54, 1.807) is 0 Å². The zero-order chi connectivity index (χ0) is 14.6. The minimum Gasteiger partial charge on any atom is -0.388 e. The molecule has 18 heavy (non-hydrogen) atoms. The van der Waals surface area contributed by atoms with E-state index >= 15 is 0 Å². The Kier molecular flexibility index (Phi) is 6.24. The number of sulfone groups is 1. The lowest BCUT2D eigenvalue weighted by Crippen LogP contribution is -2.39.